The lowest BCUT2D eigenvalue weighted by Crippen LogP contribution is -2.58. The van der Waals surface area contributed by atoms with Crippen LogP contribution in [0.3, 0.4) is 0 Å². The normalized spacial score (nSPS) is 15.1. The Morgan fingerprint density at radius 2 is 1.84 bits per heavy atom. The molecule has 10 heteroatoms. The summed E-state index contributed by atoms with van der Waals surface area (Å²) in [6.07, 6.45) is 4.30. The van der Waals surface area contributed by atoms with Crippen molar-refractivity contribution in [3.8, 4) is 11.6 Å². The number of hydrogen-bond donors (Lipinski definition) is 2. The number of carbonyl (C=O) groups is 3. The highest BCUT2D eigenvalue weighted by atomic mass is 16.5. The number of aliphatic carboxylic acids is 2. The molecule has 10 nitrogen and oxygen atoms in total. The van der Waals surface area contributed by atoms with Gasteiger partial charge >= 0.3 is 11.9 Å². The Balaban J connectivity index is 1.50. The first-order valence-electron chi connectivity index (χ1n) is 9.40. The summed E-state index contributed by atoms with van der Waals surface area (Å²) >= 11 is 0. The minimum Gasteiger partial charge on any atom is -0.479 e. The zero-order valence-corrected chi connectivity index (χ0v) is 16.2. The number of carboxylic acids is 2. The van der Waals surface area contributed by atoms with Gasteiger partial charge in [-0.25, -0.2) is 14.6 Å². The smallest absolute Gasteiger partial charge is 0.341 e. The Hall–Kier alpha value is -4.21. The van der Waals surface area contributed by atoms with E-state index >= 15 is 0 Å². The van der Waals surface area contributed by atoms with Crippen molar-refractivity contribution >= 4 is 23.5 Å². The summed E-state index contributed by atoms with van der Waals surface area (Å²) < 4.78 is 7.49. The largest absolute Gasteiger partial charge is 0.479 e. The van der Waals surface area contributed by atoms with Crippen LogP contribution in [0.25, 0.3) is 0 Å². The van der Waals surface area contributed by atoms with Crippen molar-refractivity contribution in [1.82, 2.24) is 14.8 Å². The quantitative estimate of drug-likeness (QED) is 0.553. The third kappa shape index (κ3) is 3.70. The van der Waals surface area contributed by atoms with Gasteiger partial charge < -0.3 is 14.9 Å². The molecule has 0 aliphatic carbocycles. The van der Waals surface area contributed by atoms with E-state index in [2.05, 4.69) is 10.1 Å². The van der Waals surface area contributed by atoms with Crippen LogP contribution < -0.4 is 9.64 Å². The number of anilines is 1. The van der Waals surface area contributed by atoms with Gasteiger partial charge in [0.2, 0.25) is 17.3 Å². The lowest BCUT2D eigenvalue weighted by atomic mass is 9.96. The number of hydrogen-bond acceptors (Lipinski definition) is 6. The molecular formula is C21H18N4O6. The Kier molecular flexibility index (Phi) is 5.12. The maximum atomic E-state index is 12.3. The molecule has 3 heterocycles. The Morgan fingerprint density at radius 1 is 1.10 bits per heavy atom. The third-order valence-electron chi connectivity index (χ3n) is 5.07. The van der Waals surface area contributed by atoms with E-state index in [1.54, 1.807) is 23.0 Å². The molecule has 0 saturated carbocycles. The predicted octanol–water partition coefficient (Wildman–Crippen LogP) is 2.15. The molecule has 0 atom stereocenters. The number of rotatable bonds is 7. The second-order valence-corrected chi connectivity index (χ2v) is 7.00. The third-order valence-corrected chi connectivity index (χ3v) is 5.07. The van der Waals surface area contributed by atoms with Crippen molar-refractivity contribution in [2.45, 2.75) is 24.9 Å². The molecule has 1 amide bonds. The summed E-state index contributed by atoms with van der Waals surface area (Å²) in [4.78, 5) is 40.5. The number of aromatic nitrogens is 3. The molecule has 1 aliphatic rings. The first kappa shape index (κ1) is 20.1. The Morgan fingerprint density at radius 3 is 2.42 bits per heavy atom. The van der Waals surface area contributed by atoms with E-state index in [0.29, 0.717) is 12.3 Å². The SMILES string of the molecule is O=C1CCC(C(=O)O)(C(=O)O)N1c1ccc(Oc2ccc(Cn3cccn3)cc2)nc1. The van der Waals surface area contributed by atoms with Gasteiger partial charge in [0.05, 0.1) is 18.4 Å². The number of carbonyl (C=O) groups excluding carboxylic acids is 1. The molecular weight excluding hydrogens is 404 g/mol. The summed E-state index contributed by atoms with van der Waals surface area (Å²) in [5, 5.41) is 23.2. The summed E-state index contributed by atoms with van der Waals surface area (Å²) in [6.45, 7) is 0.624. The van der Waals surface area contributed by atoms with Gasteiger partial charge in [-0.05, 0) is 29.8 Å². The van der Waals surface area contributed by atoms with Crippen LogP contribution in [0.1, 0.15) is 18.4 Å². The van der Waals surface area contributed by atoms with Gasteiger partial charge in [-0.2, -0.15) is 5.10 Å². The van der Waals surface area contributed by atoms with E-state index in [1.807, 2.05) is 24.4 Å². The molecule has 2 N–H and O–H groups in total. The van der Waals surface area contributed by atoms with Gasteiger partial charge in [0.1, 0.15) is 5.75 Å². The monoisotopic (exact) mass is 422 g/mol. The molecule has 1 aliphatic heterocycles. The van der Waals surface area contributed by atoms with E-state index in [4.69, 9.17) is 4.74 Å². The summed E-state index contributed by atoms with van der Waals surface area (Å²) in [5.74, 6) is -3.03. The molecule has 1 fully saturated rings. The van der Waals surface area contributed by atoms with Crippen LogP contribution in [0, 0.1) is 0 Å². The van der Waals surface area contributed by atoms with E-state index in [9.17, 15) is 24.6 Å². The fourth-order valence-corrected chi connectivity index (χ4v) is 3.52. The molecule has 4 rings (SSSR count). The number of ether oxygens (including phenoxy) is 1. The van der Waals surface area contributed by atoms with E-state index in [1.165, 1.54) is 18.3 Å². The van der Waals surface area contributed by atoms with Crippen LogP contribution in [0.4, 0.5) is 5.69 Å². The molecule has 31 heavy (non-hydrogen) atoms. The second kappa shape index (κ2) is 7.90. The first-order chi connectivity index (χ1) is 14.9. The molecule has 2 aromatic heterocycles. The summed E-state index contributed by atoms with van der Waals surface area (Å²) in [7, 11) is 0. The fraction of sp³-hybridized carbons (Fsp3) is 0.190. The maximum absolute atomic E-state index is 12.3. The van der Waals surface area contributed by atoms with Crippen molar-refractivity contribution in [2.24, 2.45) is 0 Å². The molecule has 1 aromatic carbocycles. The van der Waals surface area contributed by atoms with Crippen molar-refractivity contribution in [1.29, 1.82) is 0 Å². The van der Waals surface area contributed by atoms with Gasteiger partial charge in [-0.15, -0.1) is 0 Å². The number of carboxylic acid groups (broad SMARTS) is 2. The van der Waals surface area contributed by atoms with E-state index in [0.717, 1.165) is 10.5 Å². The Bertz CT molecular complexity index is 1100. The predicted molar refractivity (Wildman–Crippen MR) is 107 cm³/mol. The molecule has 0 spiro atoms. The first-order valence-corrected chi connectivity index (χ1v) is 9.40. The molecule has 0 unspecified atom stereocenters. The van der Waals surface area contributed by atoms with Crippen LogP contribution in [0.15, 0.2) is 61.1 Å². The minimum absolute atomic E-state index is 0.0780. The van der Waals surface area contributed by atoms with Crippen LogP contribution in [0.2, 0.25) is 0 Å². The highest BCUT2D eigenvalue weighted by molar-refractivity contribution is 6.17. The molecule has 158 valence electrons. The van der Waals surface area contributed by atoms with Gasteiger partial charge in [0, 0.05) is 31.3 Å². The van der Waals surface area contributed by atoms with E-state index < -0.39 is 23.4 Å². The number of nitrogens with zero attached hydrogens (tertiary/aromatic N) is 4. The number of pyridine rings is 1. The highest BCUT2D eigenvalue weighted by Crippen LogP contribution is 2.36. The standard InChI is InChI=1S/C21H18N4O6/c26-18-8-9-21(19(27)28,20(29)30)25(18)15-4-7-17(22-12-15)31-16-5-2-14(3-6-16)13-24-11-1-10-23-24/h1-7,10-12H,8-9,13H2,(H,27,28)(H,29,30). The maximum Gasteiger partial charge on any atom is 0.341 e. The van der Waals surface area contributed by atoms with Gasteiger partial charge in [0.15, 0.2) is 0 Å². The van der Waals surface area contributed by atoms with Crippen molar-refractivity contribution < 1.29 is 29.3 Å². The molecule has 0 radical (unpaired) electrons. The minimum atomic E-state index is -2.34. The zero-order chi connectivity index (χ0) is 22.0. The summed E-state index contributed by atoms with van der Waals surface area (Å²) in [6, 6.07) is 12.0. The fourth-order valence-electron chi connectivity index (χ4n) is 3.52. The molecule has 1 saturated heterocycles. The van der Waals surface area contributed by atoms with Crippen molar-refractivity contribution in [3.05, 3.63) is 66.6 Å². The topological polar surface area (TPSA) is 135 Å². The van der Waals surface area contributed by atoms with Crippen LogP contribution in [-0.2, 0) is 20.9 Å². The molecule has 0 bridgehead atoms. The van der Waals surface area contributed by atoms with Crippen molar-refractivity contribution in [3.63, 3.8) is 0 Å². The highest BCUT2D eigenvalue weighted by Gasteiger charge is 2.58. The lowest BCUT2D eigenvalue weighted by Gasteiger charge is -2.30. The van der Waals surface area contributed by atoms with Gasteiger partial charge in [-0.1, -0.05) is 12.1 Å². The summed E-state index contributed by atoms with van der Waals surface area (Å²) in [5.41, 5.74) is -1.23. The number of benzene rings is 1. The van der Waals surface area contributed by atoms with Crippen LogP contribution in [0.5, 0.6) is 11.6 Å². The lowest BCUT2D eigenvalue weighted by molar-refractivity contribution is -0.157. The van der Waals surface area contributed by atoms with Crippen LogP contribution >= 0.6 is 0 Å². The van der Waals surface area contributed by atoms with Crippen molar-refractivity contribution in [2.75, 3.05) is 4.90 Å². The average molecular weight is 422 g/mol. The van der Waals surface area contributed by atoms with Crippen LogP contribution in [-0.4, -0.2) is 48.4 Å². The Labute approximate surface area is 176 Å². The number of amides is 1. The van der Waals surface area contributed by atoms with E-state index in [-0.39, 0.29) is 24.4 Å². The molecule has 3 aromatic rings. The zero-order valence-electron chi connectivity index (χ0n) is 16.2. The average Bonchev–Trinajstić information content (AvgIpc) is 3.38. The second-order valence-electron chi connectivity index (χ2n) is 7.00. The van der Waals surface area contributed by atoms with Gasteiger partial charge in [-0.3, -0.25) is 14.4 Å². The van der Waals surface area contributed by atoms with Gasteiger partial charge in [0.25, 0.3) is 0 Å².